The summed E-state index contributed by atoms with van der Waals surface area (Å²) in [6.45, 7) is 3.62. The van der Waals surface area contributed by atoms with E-state index in [4.69, 9.17) is 10.2 Å². The number of hydrogen-bond donors (Lipinski definition) is 4. The lowest BCUT2D eigenvalue weighted by Crippen LogP contribution is -2.42. The Bertz CT molecular complexity index is 219. The molecule has 0 heterocycles. The summed E-state index contributed by atoms with van der Waals surface area (Å²) in [6.07, 6.45) is 0.579. The van der Waals surface area contributed by atoms with E-state index < -0.39 is 24.9 Å². The average molecular weight is 247 g/mol. The number of unbranched alkanes of at least 4 members (excludes halogenated alkanes) is 3. The van der Waals surface area contributed by atoms with Gasteiger partial charge in [-0.3, -0.25) is 4.99 Å². The zero-order chi connectivity index (χ0) is 13.3. The molecule has 0 saturated heterocycles. The second kappa shape index (κ2) is 9.53. The second-order valence-corrected chi connectivity index (χ2v) is 4.27. The first kappa shape index (κ1) is 16.5. The van der Waals surface area contributed by atoms with Gasteiger partial charge in [0.2, 0.25) is 0 Å². The Morgan fingerprint density at radius 2 is 1.76 bits per heavy atom. The lowest BCUT2D eigenvalue weighted by molar-refractivity contribution is -0.0271. The van der Waals surface area contributed by atoms with Crippen molar-refractivity contribution >= 4 is 5.71 Å². The Morgan fingerprint density at radius 1 is 1.12 bits per heavy atom. The van der Waals surface area contributed by atoms with Gasteiger partial charge in [0.25, 0.3) is 0 Å². The molecular weight excluding hydrogens is 222 g/mol. The highest BCUT2D eigenvalue weighted by atomic mass is 16.4. The SMILES string of the molecule is CCCCCC/N=C(/CO)[C@@H](O)[C@H](O)[C@H](C)O. The highest BCUT2D eigenvalue weighted by Gasteiger charge is 2.25. The monoisotopic (exact) mass is 247 g/mol. The van der Waals surface area contributed by atoms with Gasteiger partial charge in [0, 0.05) is 6.54 Å². The zero-order valence-electron chi connectivity index (χ0n) is 10.7. The smallest absolute Gasteiger partial charge is 0.122 e. The molecular formula is C12H25NO4. The topological polar surface area (TPSA) is 93.3 Å². The summed E-state index contributed by atoms with van der Waals surface area (Å²) in [5, 5.41) is 37.3. The van der Waals surface area contributed by atoms with Crippen molar-refractivity contribution in [2.24, 2.45) is 4.99 Å². The molecule has 0 bridgehead atoms. The van der Waals surface area contributed by atoms with E-state index >= 15 is 0 Å². The Hall–Kier alpha value is -0.490. The summed E-state index contributed by atoms with van der Waals surface area (Å²) >= 11 is 0. The Labute approximate surface area is 103 Å². The average Bonchev–Trinajstić information content (AvgIpc) is 2.32. The van der Waals surface area contributed by atoms with Crippen LogP contribution in [0.3, 0.4) is 0 Å². The molecule has 0 aliphatic heterocycles. The zero-order valence-corrected chi connectivity index (χ0v) is 10.7. The molecule has 0 aliphatic rings. The van der Waals surface area contributed by atoms with Gasteiger partial charge < -0.3 is 20.4 Å². The Kier molecular flexibility index (Phi) is 9.26. The fraction of sp³-hybridized carbons (Fsp3) is 0.917. The molecule has 0 saturated carbocycles. The van der Waals surface area contributed by atoms with Crippen LogP contribution in [-0.4, -0.2) is 57.6 Å². The van der Waals surface area contributed by atoms with Crippen molar-refractivity contribution in [3.63, 3.8) is 0 Å². The van der Waals surface area contributed by atoms with Crippen LogP contribution in [0.2, 0.25) is 0 Å². The van der Waals surface area contributed by atoms with Crippen molar-refractivity contribution < 1.29 is 20.4 Å². The number of aliphatic hydroxyl groups excluding tert-OH is 4. The van der Waals surface area contributed by atoms with Crippen LogP contribution in [0, 0.1) is 0 Å². The van der Waals surface area contributed by atoms with Gasteiger partial charge in [-0.15, -0.1) is 0 Å². The van der Waals surface area contributed by atoms with Crippen LogP contribution >= 0.6 is 0 Å². The summed E-state index contributed by atoms with van der Waals surface area (Å²) in [4.78, 5) is 4.06. The van der Waals surface area contributed by atoms with Crippen LogP contribution in [0.5, 0.6) is 0 Å². The maximum atomic E-state index is 9.65. The summed E-state index contributed by atoms with van der Waals surface area (Å²) < 4.78 is 0. The van der Waals surface area contributed by atoms with Crippen molar-refractivity contribution in [1.82, 2.24) is 0 Å². The molecule has 5 heteroatoms. The van der Waals surface area contributed by atoms with Crippen LogP contribution < -0.4 is 0 Å². The molecule has 0 rings (SSSR count). The Morgan fingerprint density at radius 3 is 2.24 bits per heavy atom. The second-order valence-electron chi connectivity index (χ2n) is 4.27. The lowest BCUT2D eigenvalue weighted by Gasteiger charge is -2.21. The molecule has 0 spiro atoms. The minimum Gasteiger partial charge on any atom is -0.391 e. The molecule has 0 aromatic carbocycles. The van der Waals surface area contributed by atoms with Crippen LogP contribution in [-0.2, 0) is 0 Å². The quantitative estimate of drug-likeness (QED) is 0.343. The maximum absolute atomic E-state index is 9.65. The van der Waals surface area contributed by atoms with E-state index in [0.717, 1.165) is 25.7 Å². The molecule has 0 fully saturated rings. The third kappa shape index (κ3) is 6.73. The van der Waals surface area contributed by atoms with Crippen LogP contribution in [0.4, 0.5) is 0 Å². The first-order valence-corrected chi connectivity index (χ1v) is 6.22. The van der Waals surface area contributed by atoms with E-state index in [-0.39, 0.29) is 5.71 Å². The van der Waals surface area contributed by atoms with Crippen molar-refractivity contribution in [1.29, 1.82) is 0 Å². The van der Waals surface area contributed by atoms with Gasteiger partial charge in [0.05, 0.1) is 18.4 Å². The number of aliphatic imine (C=N–C) groups is 1. The van der Waals surface area contributed by atoms with E-state index in [0.29, 0.717) is 6.54 Å². The molecule has 0 radical (unpaired) electrons. The molecule has 5 nitrogen and oxygen atoms in total. The van der Waals surface area contributed by atoms with E-state index in [1.165, 1.54) is 6.92 Å². The minimum absolute atomic E-state index is 0.134. The molecule has 0 aromatic rings. The summed E-state index contributed by atoms with van der Waals surface area (Å²) in [5.41, 5.74) is 0.134. The van der Waals surface area contributed by atoms with Gasteiger partial charge in [0.1, 0.15) is 12.2 Å². The summed E-state index contributed by atoms with van der Waals surface area (Å²) in [6, 6.07) is 0. The minimum atomic E-state index is -1.31. The fourth-order valence-corrected chi connectivity index (χ4v) is 1.46. The molecule has 102 valence electrons. The first-order valence-electron chi connectivity index (χ1n) is 6.22. The maximum Gasteiger partial charge on any atom is 0.122 e. The largest absolute Gasteiger partial charge is 0.391 e. The molecule has 0 amide bonds. The Balaban J connectivity index is 4.15. The van der Waals surface area contributed by atoms with Crippen molar-refractivity contribution in [2.45, 2.75) is 57.8 Å². The van der Waals surface area contributed by atoms with Gasteiger partial charge in [0.15, 0.2) is 0 Å². The lowest BCUT2D eigenvalue weighted by atomic mass is 10.1. The van der Waals surface area contributed by atoms with Crippen LogP contribution in [0.1, 0.15) is 39.5 Å². The summed E-state index contributed by atoms with van der Waals surface area (Å²) in [5.74, 6) is 0. The molecule has 4 N–H and O–H groups in total. The van der Waals surface area contributed by atoms with Gasteiger partial charge in [-0.05, 0) is 13.3 Å². The van der Waals surface area contributed by atoms with E-state index in [1.54, 1.807) is 0 Å². The number of nitrogens with zero attached hydrogens (tertiary/aromatic N) is 1. The van der Waals surface area contributed by atoms with E-state index in [1.807, 2.05) is 0 Å². The molecule has 0 aromatic heterocycles. The number of rotatable bonds is 9. The van der Waals surface area contributed by atoms with Gasteiger partial charge in [-0.1, -0.05) is 26.2 Å². The van der Waals surface area contributed by atoms with Crippen molar-refractivity contribution in [2.75, 3.05) is 13.2 Å². The normalized spacial score (nSPS) is 17.9. The van der Waals surface area contributed by atoms with E-state index in [2.05, 4.69) is 11.9 Å². The highest BCUT2D eigenvalue weighted by Crippen LogP contribution is 2.04. The standard InChI is InChI=1S/C12H25NO4/c1-3-4-5-6-7-13-10(8-14)12(17)11(16)9(2)15/h9,11-12,14-17H,3-8H2,1-2H3/b13-10-/t9-,11+,12+/m0/s1. The van der Waals surface area contributed by atoms with Crippen LogP contribution in [0.25, 0.3) is 0 Å². The third-order valence-electron chi connectivity index (χ3n) is 2.65. The molecule has 0 unspecified atom stereocenters. The van der Waals surface area contributed by atoms with E-state index in [9.17, 15) is 10.2 Å². The molecule has 3 atom stereocenters. The summed E-state index contributed by atoms with van der Waals surface area (Å²) in [7, 11) is 0. The fourth-order valence-electron chi connectivity index (χ4n) is 1.46. The molecule has 0 aliphatic carbocycles. The predicted molar refractivity (Wildman–Crippen MR) is 67.2 cm³/mol. The van der Waals surface area contributed by atoms with Gasteiger partial charge in [-0.2, -0.15) is 0 Å². The van der Waals surface area contributed by atoms with Crippen molar-refractivity contribution in [3.8, 4) is 0 Å². The van der Waals surface area contributed by atoms with Crippen LogP contribution in [0.15, 0.2) is 4.99 Å². The van der Waals surface area contributed by atoms with Gasteiger partial charge in [-0.25, -0.2) is 0 Å². The van der Waals surface area contributed by atoms with Crippen molar-refractivity contribution in [3.05, 3.63) is 0 Å². The third-order valence-corrected chi connectivity index (χ3v) is 2.65. The highest BCUT2D eigenvalue weighted by molar-refractivity contribution is 5.90. The number of hydrogen-bond acceptors (Lipinski definition) is 5. The predicted octanol–water partition coefficient (Wildman–Crippen LogP) is 0.103. The molecule has 17 heavy (non-hydrogen) atoms. The first-order chi connectivity index (χ1) is 8.04. The van der Waals surface area contributed by atoms with Gasteiger partial charge >= 0.3 is 0 Å². The number of aliphatic hydroxyl groups is 4.